The van der Waals surface area contributed by atoms with Gasteiger partial charge in [-0.3, -0.25) is 0 Å². The molecule has 0 saturated heterocycles. The average molecular weight is 300 g/mol. The molecule has 0 spiro atoms. The summed E-state index contributed by atoms with van der Waals surface area (Å²) in [5, 5.41) is 6.45. The third kappa shape index (κ3) is 12.7. The van der Waals surface area contributed by atoms with Crippen LogP contribution in [0.5, 0.6) is 0 Å². The zero-order valence-electron chi connectivity index (χ0n) is 15.2. The Labute approximate surface area is 131 Å². The zero-order valence-corrected chi connectivity index (χ0v) is 15.2. The van der Waals surface area contributed by atoms with Crippen molar-refractivity contribution in [3.05, 3.63) is 0 Å². The standard InChI is InChI=1S/C17H36N2O2/c1-12(2)9-15(10-13(3)4)18-11-14(5)19-16(20)21-17(6,7)8/h12-15,18H,9-11H2,1-8H3,(H,19,20). The number of alkyl carbamates (subject to hydrolysis) is 1. The lowest BCUT2D eigenvalue weighted by molar-refractivity contribution is 0.0507. The second-order valence-electron chi connectivity index (χ2n) is 7.91. The van der Waals surface area contributed by atoms with E-state index in [0.29, 0.717) is 17.9 Å². The molecule has 0 bridgehead atoms. The Morgan fingerprint density at radius 2 is 1.48 bits per heavy atom. The Bertz CT molecular complexity index is 286. The number of amides is 1. The number of hydrogen-bond acceptors (Lipinski definition) is 3. The summed E-state index contributed by atoms with van der Waals surface area (Å²) in [6, 6.07) is 0.564. The largest absolute Gasteiger partial charge is 0.444 e. The van der Waals surface area contributed by atoms with Crippen LogP contribution >= 0.6 is 0 Å². The van der Waals surface area contributed by atoms with Crippen LogP contribution in [-0.2, 0) is 4.74 Å². The van der Waals surface area contributed by atoms with E-state index in [9.17, 15) is 4.79 Å². The molecule has 4 nitrogen and oxygen atoms in total. The van der Waals surface area contributed by atoms with Gasteiger partial charge >= 0.3 is 6.09 Å². The Hall–Kier alpha value is -0.770. The van der Waals surface area contributed by atoms with Gasteiger partial charge in [-0.05, 0) is 52.4 Å². The Morgan fingerprint density at radius 3 is 1.86 bits per heavy atom. The summed E-state index contributed by atoms with van der Waals surface area (Å²) in [4.78, 5) is 11.7. The number of ether oxygens (including phenoxy) is 1. The first-order chi connectivity index (χ1) is 9.49. The summed E-state index contributed by atoms with van der Waals surface area (Å²) < 4.78 is 5.27. The Kier molecular flexibility index (Phi) is 8.95. The van der Waals surface area contributed by atoms with Gasteiger partial charge in [-0.1, -0.05) is 27.7 Å². The quantitative estimate of drug-likeness (QED) is 0.713. The number of nitrogens with one attached hydrogen (secondary N) is 2. The van der Waals surface area contributed by atoms with E-state index in [-0.39, 0.29) is 12.1 Å². The minimum absolute atomic E-state index is 0.0571. The number of carbonyl (C=O) groups is 1. The summed E-state index contributed by atoms with van der Waals surface area (Å²) >= 11 is 0. The lowest BCUT2D eigenvalue weighted by atomic mass is 9.95. The van der Waals surface area contributed by atoms with Gasteiger partial charge in [0.25, 0.3) is 0 Å². The van der Waals surface area contributed by atoms with Gasteiger partial charge in [-0.25, -0.2) is 4.79 Å². The molecule has 0 rings (SSSR count). The van der Waals surface area contributed by atoms with Crippen LogP contribution in [0, 0.1) is 11.8 Å². The van der Waals surface area contributed by atoms with Crippen LogP contribution in [0.3, 0.4) is 0 Å². The fourth-order valence-electron chi connectivity index (χ4n) is 2.30. The van der Waals surface area contributed by atoms with Crippen LogP contribution in [0.2, 0.25) is 0 Å². The molecule has 0 aromatic heterocycles. The van der Waals surface area contributed by atoms with E-state index < -0.39 is 5.60 Å². The normalized spacial score (nSPS) is 13.9. The van der Waals surface area contributed by atoms with E-state index in [1.165, 1.54) is 0 Å². The molecule has 0 radical (unpaired) electrons. The summed E-state index contributed by atoms with van der Waals surface area (Å²) in [7, 11) is 0. The predicted molar refractivity (Wildman–Crippen MR) is 89.5 cm³/mol. The van der Waals surface area contributed by atoms with Gasteiger partial charge in [-0.2, -0.15) is 0 Å². The van der Waals surface area contributed by atoms with E-state index >= 15 is 0 Å². The molecule has 0 aromatic rings. The van der Waals surface area contributed by atoms with E-state index in [0.717, 1.165) is 19.4 Å². The average Bonchev–Trinajstić information content (AvgIpc) is 2.21. The first-order valence-corrected chi connectivity index (χ1v) is 8.22. The molecule has 0 fully saturated rings. The van der Waals surface area contributed by atoms with E-state index in [1.807, 2.05) is 27.7 Å². The number of rotatable bonds is 8. The van der Waals surface area contributed by atoms with Gasteiger partial charge < -0.3 is 15.4 Å². The van der Waals surface area contributed by atoms with E-state index in [4.69, 9.17) is 4.74 Å². The first-order valence-electron chi connectivity index (χ1n) is 8.22. The molecule has 0 aliphatic heterocycles. The highest BCUT2D eigenvalue weighted by molar-refractivity contribution is 5.68. The highest BCUT2D eigenvalue weighted by atomic mass is 16.6. The zero-order chi connectivity index (χ0) is 16.6. The third-order valence-electron chi connectivity index (χ3n) is 2.99. The van der Waals surface area contributed by atoms with Crippen LogP contribution in [-0.4, -0.2) is 30.3 Å². The SMILES string of the molecule is CC(C)CC(CC(C)C)NCC(C)NC(=O)OC(C)(C)C. The fourth-order valence-corrected chi connectivity index (χ4v) is 2.30. The van der Waals surface area contributed by atoms with Gasteiger partial charge in [0.2, 0.25) is 0 Å². The maximum atomic E-state index is 11.7. The van der Waals surface area contributed by atoms with Crippen molar-refractivity contribution in [2.45, 2.75) is 85.9 Å². The third-order valence-corrected chi connectivity index (χ3v) is 2.99. The molecule has 1 unspecified atom stereocenters. The van der Waals surface area contributed by atoms with Gasteiger partial charge in [0, 0.05) is 18.6 Å². The van der Waals surface area contributed by atoms with Crippen molar-refractivity contribution in [3.8, 4) is 0 Å². The van der Waals surface area contributed by atoms with Crippen molar-refractivity contribution in [3.63, 3.8) is 0 Å². The van der Waals surface area contributed by atoms with Crippen LogP contribution in [0.15, 0.2) is 0 Å². The lowest BCUT2D eigenvalue weighted by Crippen LogP contribution is -2.45. The van der Waals surface area contributed by atoms with E-state index in [1.54, 1.807) is 0 Å². The van der Waals surface area contributed by atoms with Gasteiger partial charge in [0.1, 0.15) is 5.60 Å². The predicted octanol–water partition coefficient (Wildman–Crippen LogP) is 3.95. The topological polar surface area (TPSA) is 50.4 Å². The van der Waals surface area contributed by atoms with Crippen LogP contribution < -0.4 is 10.6 Å². The van der Waals surface area contributed by atoms with Gasteiger partial charge in [0.05, 0.1) is 0 Å². The molecule has 1 atom stereocenters. The van der Waals surface area contributed by atoms with Crippen molar-refractivity contribution in [2.24, 2.45) is 11.8 Å². The highest BCUT2D eigenvalue weighted by Gasteiger charge is 2.18. The first kappa shape index (κ1) is 20.2. The molecule has 21 heavy (non-hydrogen) atoms. The summed E-state index contributed by atoms with van der Waals surface area (Å²) in [5.74, 6) is 1.35. The molecular formula is C17H36N2O2. The second kappa shape index (κ2) is 9.29. The van der Waals surface area contributed by atoms with Crippen molar-refractivity contribution in [1.29, 1.82) is 0 Å². The second-order valence-corrected chi connectivity index (χ2v) is 7.91. The molecule has 0 saturated carbocycles. The van der Waals surface area contributed by atoms with E-state index in [2.05, 4.69) is 38.3 Å². The molecule has 126 valence electrons. The van der Waals surface area contributed by atoms with Crippen molar-refractivity contribution < 1.29 is 9.53 Å². The molecule has 1 amide bonds. The molecule has 4 heteroatoms. The monoisotopic (exact) mass is 300 g/mol. The lowest BCUT2D eigenvalue weighted by Gasteiger charge is -2.26. The van der Waals surface area contributed by atoms with Gasteiger partial charge in [0.15, 0.2) is 0 Å². The summed E-state index contributed by atoms with van der Waals surface area (Å²) in [6.07, 6.45) is 1.98. The highest BCUT2D eigenvalue weighted by Crippen LogP contribution is 2.13. The smallest absolute Gasteiger partial charge is 0.407 e. The molecule has 0 aromatic carbocycles. The maximum Gasteiger partial charge on any atom is 0.407 e. The van der Waals surface area contributed by atoms with Crippen molar-refractivity contribution in [2.75, 3.05) is 6.54 Å². The molecule has 0 aliphatic carbocycles. The van der Waals surface area contributed by atoms with Gasteiger partial charge in [-0.15, -0.1) is 0 Å². The minimum Gasteiger partial charge on any atom is -0.444 e. The van der Waals surface area contributed by atoms with Crippen molar-refractivity contribution in [1.82, 2.24) is 10.6 Å². The molecule has 0 aliphatic rings. The van der Waals surface area contributed by atoms with Crippen LogP contribution in [0.25, 0.3) is 0 Å². The van der Waals surface area contributed by atoms with Crippen molar-refractivity contribution >= 4 is 6.09 Å². The number of carbonyl (C=O) groups excluding carboxylic acids is 1. The summed E-state index contributed by atoms with van der Waals surface area (Å²) in [6.45, 7) is 17.4. The van der Waals surface area contributed by atoms with Crippen LogP contribution in [0.4, 0.5) is 4.79 Å². The molecule has 2 N–H and O–H groups in total. The summed E-state index contributed by atoms with van der Waals surface area (Å²) in [5.41, 5.74) is -0.449. The minimum atomic E-state index is -0.449. The molecule has 0 heterocycles. The molecular weight excluding hydrogens is 264 g/mol. The maximum absolute atomic E-state index is 11.7. The Morgan fingerprint density at radius 1 is 1.00 bits per heavy atom. The fraction of sp³-hybridized carbons (Fsp3) is 0.941. The Balaban J connectivity index is 4.17. The number of hydrogen-bond donors (Lipinski definition) is 2. The van der Waals surface area contributed by atoms with Crippen LogP contribution in [0.1, 0.15) is 68.2 Å².